The van der Waals surface area contributed by atoms with Gasteiger partial charge >= 0.3 is 12.1 Å². The minimum Gasteiger partial charge on any atom is -0.496 e. The van der Waals surface area contributed by atoms with Crippen molar-refractivity contribution in [2.45, 2.75) is 32.7 Å². The van der Waals surface area contributed by atoms with Gasteiger partial charge < -0.3 is 23.9 Å². The maximum Gasteiger partial charge on any atom is 0.433 e. The molecule has 0 unspecified atom stereocenters. The van der Waals surface area contributed by atoms with Crippen LogP contribution in [0.4, 0.5) is 13.2 Å². The summed E-state index contributed by atoms with van der Waals surface area (Å²) in [5, 5.41) is 10.7. The highest BCUT2D eigenvalue weighted by Crippen LogP contribution is 2.37. The molecule has 0 aliphatic heterocycles. The highest BCUT2D eigenvalue weighted by atomic mass is 19.4. The lowest BCUT2D eigenvalue weighted by Crippen LogP contribution is -2.09. The summed E-state index contributed by atoms with van der Waals surface area (Å²) in [6, 6.07) is 10.6. The Labute approximate surface area is 198 Å². The van der Waals surface area contributed by atoms with Gasteiger partial charge in [-0.1, -0.05) is 13.0 Å². The van der Waals surface area contributed by atoms with Crippen molar-refractivity contribution < 1.29 is 37.3 Å². The van der Waals surface area contributed by atoms with E-state index >= 15 is 0 Å². The molecule has 0 fully saturated rings. The Balaban J connectivity index is 1.73. The van der Waals surface area contributed by atoms with Crippen LogP contribution in [-0.2, 0) is 19.3 Å². The highest BCUT2D eigenvalue weighted by Gasteiger charge is 2.33. The molecule has 0 atom stereocenters. The Morgan fingerprint density at radius 3 is 2.34 bits per heavy atom. The number of rotatable bonds is 8. The minimum absolute atomic E-state index is 0.0546. The number of halogens is 3. The van der Waals surface area contributed by atoms with Crippen molar-refractivity contribution in [3.8, 4) is 17.2 Å². The van der Waals surface area contributed by atoms with Gasteiger partial charge in [-0.3, -0.25) is 0 Å². The molecule has 0 aliphatic rings. The maximum absolute atomic E-state index is 13.2. The lowest BCUT2D eigenvalue weighted by Gasteiger charge is -2.14. The number of carbonyl (C=O) groups is 1. The number of alkyl halides is 3. The van der Waals surface area contributed by atoms with E-state index in [1.807, 2.05) is 6.92 Å². The van der Waals surface area contributed by atoms with E-state index in [0.29, 0.717) is 46.3 Å². The molecule has 7 nitrogen and oxygen atoms in total. The molecule has 184 valence electrons. The number of pyridine rings is 1. The number of methoxy groups -OCH3 is 2. The molecule has 0 radical (unpaired) electrons. The molecule has 1 N–H and O–H groups in total. The van der Waals surface area contributed by atoms with Gasteiger partial charge in [-0.15, -0.1) is 0 Å². The Morgan fingerprint density at radius 2 is 1.71 bits per heavy atom. The SMILES string of the molecule is CCCn1c(C(=O)O)cc2c(OC)ccc(OCc3ccc4nc(C(F)(F)F)cc(OC)c4c3)c21. The van der Waals surface area contributed by atoms with Crippen LogP contribution < -0.4 is 14.2 Å². The first kappa shape index (κ1) is 24.2. The summed E-state index contributed by atoms with van der Waals surface area (Å²) in [6.07, 6.45) is -3.89. The van der Waals surface area contributed by atoms with Crippen molar-refractivity contribution in [1.82, 2.24) is 9.55 Å². The van der Waals surface area contributed by atoms with E-state index in [4.69, 9.17) is 14.2 Å². The number of carboxylic acid groups (broad SMARTS) is 1. The van der Waals surface area contributed by atoms with Crippen molar-refractivity contribution in [3.05, 3.63) is 59.4 Å². The summed E-state index contributed by atoms with van der Waals surface area (Å²) in [7, 11) is 2.81. The number of benzene rings is 2. The normalized spacial score (nSPS) is 11.7. The predicted molar refractivity (Wildman–Crippen MR) is 123 cm³/mol. The van der Waals surface area contributed by atoms with E-state index in [0.717, 1.165) is 6.07 Å². The van der Waals surface area contributed by atoms with Crippen molar-refractivity contribution in [2.75, 3.05) is 14.2 Å². The second kappa shape index (κ2) is 9.36. The third kappa shape index (κ3) is 4.55. The van der Waals surface area contributed by atoms with Crippen molar-refractivity contribution in [2.24, 2.45) is 0 Å². The Hall–Kier alpha value is -3.95. The summed E-state index contributed by atoms with van der Waals surface area (Å²) in [5.41, 5.74) is 0.512. The lowest BCUT2D eigenvalue weighted by molar-refractivity contribution is -0.141. The van der Waals surface area contributed by atoms with E-state index in [-0.39, 0.29) is 23.6 Å². The summed E-state index contributed by atoms with van der Waals surface area (Å²) in [4.78, 5) is 15.5. The van der Waals surface area contributed by atoms with E-state index < -0.39 is 17.8 Å². The Kier molecular flexibility index (Phi) is 6.47. The maximum atomic E-state index is 13.2. The molecule has 35 heavy (non-hydrogen) atoms. The third-order valence-corrected chi connectivity index (χ3v) is 5.61. The predicted octanol–water partition coefficient (Wildman–Crippen LogP) is 5.91. The fourth-order valence-electron chi connectivity index (χ4n) is 4.06. The molecule has 0 amide bonds. The zero-order valence-corrected chi connectivity index (χ0v) is 19.3. The Morgan fingerprint density at radius 1 is 1.00 bits per heavy atom. The standard InChI is InChI=1S/C25H23F3N2O5/c1-4-9-30-18(24(31)32)11-16-19(33-2)7-8-20(23(16)30)35-13-14-5-6-17-15(10-14)21(34-3)12-22(29-17)25(26,27)28/h5-8,10-12H,4,9,13H2,1-3H3,(H,31,32). The van der Waals surface area contributed by atoms with E-state index in [9.17, 15) is 23.1 Å². The van der Waals surface area contributed by atoms with Crippen molar-refractivity contribution in [3.63, 3.8) is 0 Å². The lowest BCUT2D eigenvalue weighted by atomic mass is 10.1. The number of aromatic nitrogens is 2. The van der Waals surface area contributed by atoms with Crippen LogP contribution in [0.2, 0.25) is 0 Å². The first-order valence-electron chi connectivity index (χ1n) is 10.8. The van der Waals surface area contributed by atoms with Gasteiger partial charge in [-0.25, -0.2) is 9.78 Å². The molecule has 0 saturated carbocycles. The molecule has 4 aromatic rings. The molecule has 0 aliphatic carbocycles. The molecule has 2 heterocycles. The molecule has 0 spiro atoms. The number of aromatic carboxylic acids is 1. The molecule has 0 bridgehead atoms. The molecular formula is C25H23F3N2O5. The number of aryl methyl sites for hydroxylation is 1. The zero-order chi connectivity index (χ0) is 25.3. The second-order valence-corrected chi connectivity index (χ2v) is 7.86. The quantitative estimate of drug-likeness (QED) is 0.332. The smallest absolute Gasteiger partial charge is 0.433 e. The fourth-order valence-corrected chi connectivity index (χ4v) is 4.06. The zero-order valence-electron chi connectivity index (χ0n) is 19.3. The number of carboxylic acids is 1. The monoisotopic (exact) mass is 488 g/mol. The molecular weight excluding hydrogens is 465 g/mol. The van der Waals surface area contributed by atoms with Crippen LogP contribution >= 0.6 is 0 Å². The third-order valence-electron chi connectivity index (χ3n) is 5.61. The molecule has 2 aromatic carbocycles. The van der Waals surface area contributed by atoms with Crippen LogP contribution in [0.15, 0.2) is 42.5 Å². The van der Waals surface area contributed by atoms with Gasteiger partial charge in [0, 0.05) is 23.4 Å². The number of hydrogen-bond acceptors (Lipinski definition) is 5. The summed E-state index contributed by atoms with van der Waals surface area (Å²) < 4.78 is 57.8. The topological polar surface area (TPSA) is 82.8 Å². The van der Waals surface area contributed by atoms with Crippen LogP contribution in [0.1, 0.15) is 35.1 Å². The van der Waals surface area contributed by atoms with Crippen LogP contribution in [0, 0.1) is 0 Å². The number of ether oxygens (including phenoxy) is 3. The number of hydrogen-bond donors (Lipinski definition) is 1. The van der Waals surface area contributed by atoms with Gasteiger partial charge in [0.1, 0.15) is 35.2 Å². The molecule has 10 heteroatoms. The summed E-state index contributed by atoms with van der Waals surface area (Å²) in [5.74, 6) is -0.0278. The first-order chi connectivity index (χ1) is 16.7. The average Bonchev–Trinajstić information content (AvgIpc) is 3.21. The summed E-state index contributed by atoms with van der Waals surface area (Å²) in [6.45, 7) is 2.50. The van der Waals surface area contributed by atoms with E-state index in [1.54, 1.807) is 34.9 Å². The van der Waals surface area contributed by atoms with Crippen LogP contribution in [0.25, 0.3) is 21.8 Å². The van der Waals surface area contributed by atoms with E-state index in [2.05, 4.69) is 4.98 Å². The van der Waals surface area contributed by atoms with Crippen LogP contribution in [0.5, 0.6) is 17.2 Å². The summed E-state index contributed by atoms with van der Waals surface area (Å²) >= 11 is 0. The Bertz CT molecular complexity index is 1410. The van der Waals surface area contributed by atoms with Gasteiger partial charge in [-0.05, 0) is 42.3 Å². The fraction of sp³-hybridized carbons (Fsp3) is 0.280. The molecule has 4 rings (SSSR count). The molecule has 0 saturated heterocycles. The minimum atomic E-state index is -4.59. The van der Waals surface area contributed by atoms with Crippen LogP contribution in [-0.4, -0.2) is 34.8 Å². The van der Waals surface area contributed by atoms with Gasteiger partial charge in [-0.2, -0.15) is 13.2 Å². The largest absolute Gasteiger partial charge is 0.496 e. The van der Waals surface area contributed by atoms with E-state index in [1.165, 1.54) is 20.3 Å². The average molecular weight is 488 g/mol. The van der Waals surface area contributed by atoms with Crippen molar-refractivity contribution >= 4 is 27.8 Å². The number of nitrogens with zero attached hydrogens (tertiary/aromatic N) is 2. The van der Waals surface area contributed by atoms with Crippen LogP contribution in [0.3, 0.4) is 0 Å². The first-order valence-corrected chi connectivity index (χ1v) is 10.8. The van der Waals surface area contributed by atoms with Gasteiger partial charge in [0.05, 0.1) is 25.3 Å². The highest BCUT2D eigenvalue weighted by molar-refractivity contribution is 5.99. The second-order valence-electron chi connectivity index (χ2n) is 7.86. The molecule has 2 aromatic heterocycles. The van der Waals surface area contributed by atoms with Gasteiger partial charge in [0.15, 0.2) is 0 Å². The number of fused-ring (bicyclic) bond motifs is 2. The van der Waals surface area contributed by atoms with Gasteiger partial charge in [0.2, 0.25) is 0 Å². The van der Waals surface area contributed by atoms with Crippen molar-refractivity contribution in [1.29, 1.82) is 0 Å². The van der Waals surface area contributed by atoms with Gasteiger partial charge in [0.25, 0.3) is 0 Å².